The predicted molar refractivity (Wildman–Crippen MR) is 88.6 cm³/mol. The van der Waals surface area contributed by atoms with Gasteiger partial charge < -0.3 is 10.4 Å². The molecule has 2 aromatic rings. The van der Waals surface area contributed by atoms with Crippen LogP contribution >= 0.6 is 0 Å². The van der Waals surface area contributed by atoms with Crippen LogP contribution in [0.1, 0.15) is 43.0 Å². The summed E-state index contributed by atoms with van der Waals surface area (Å²) in [6, 6.07) is 16.8. The van der Waals surface area contributed by atoms with Gasteiger partial charge in [-0.15, -0.1) is 0 Å². The first-order valence-corrected chi connectivity index (χ1v) is 7.65. The summed E-state index contributed by atoms with van der Waals surface area (Å²) < 4.78 is 0. The summed E-state index contributed by atoms with van der Waals surface area (Å²) in [4.78, 5) is 0. The maximum Gasteiger partial charge on any atom is 0.115 e. The molecule has 0 aliphatic heterocycles. The van der Waals surface area contributed by atoms with Gasteiger partial charge in [0.1, 0.15) is 5.75 Å². The molecular weight excluding hydrogens is 258 g/mol. The zero-order valence-electron chi connectivity index (χ0n) is 13.1. The molecule has 21 heavy (non-hydrogen) atoms. The van der Waals surface area contributed by atoms with E-state index in [1.165, 1.54) is 11.1 Å². The van der Waals surface area contributed by atoms with Gasteiger partial charge in [0.2, 0.25) is 0 Å². The number of aromatic hydroxyl groups is 1. The molecular formula is C19H25NO. The fourth-order valence-corrected chi connectivity index (χ4v) is 2.65. The molecule has 2 aromatic carbocycles. The number of phenols is 1. The van der Waals surface area contributed by atoms with Crippen molar-refractivity contribution in [2.75, 3.05) is 0 Å². The van der Waals surface area contributed by atoms with Crippen LogP contribution in [0, 0.1) is 6.92 Å². The molecule has 112 valence electrons. The van der Waals surface area contributed by atoms with Crippen molar-refractivity contribution in [2.24, 2.45) is 0 Å². The minimum absolute atomic E-state index is 0.240. The van der Waals surface area contributed by atoms with Crippen LogP contribution in [0.3, 0.4) is 0 Å². The van der Waals surface area contributed by atoms with Gasteiger partial charge in [0.25, 0.3) is 0 Å². The van der Waals surface area contributed by atoms with Crippen molar-refractivity contribution in [1.82, 2.24) is 5.32 Å². The molecule has 2 atom stereocenters. The Hall–Kier alpha value is -1.80. The number of benzene rings is 2. The number of hydrogen-bond acceptors (Lipinski definition) is 2. The molecule has 0 aliphatic rings. The Kier molecular flexibility index (Phi) is 5.40. The minimum atomic E-state index is 0.240. The van der Waals surface area contributed by atoms with E-state index in [-0.39, 0.29) is 6.04 Å². The number of nitrogens with one attached hydrogen (secondary N) is 1. The van der Waals surface area contributed by atoms with Crippen molar-refractivity contribution in [2.45, 2.75) is 45.7 Å². The van der Waals surface area contributed by atoms with Crippen molar-refractivity contribution >= 4 is 0 Å². The van der Waals surface area contributed by atoms with E-state index >= 15 is 0 Å². The van der Waals surface area contributed by atoms with Crippen LogP contribution in [0.25, 0.3) is 0 Å². The molecule has 0 spiro atoms. The van der Waals surface area contributed by atoms with Crippen LogP contribution in [0.5, 0.6) is 5.75 Å². The Morgan fingerprint density at radius 2 is 1.81 bits per heavy atom. The molecule has 0 heterocycles. The lowest BCUT2D eigenvalue weighted by Gasteiger charge is -2.20. The van der Waals surface area contributed by atoms with Gasteiger partial charge >= 0.3 is 0 Å². The Balaban J connectivity index is 1.85. The third-order valence-corrected chi connectivity index (χ3v) is 3.85. The van der Waals surface area contributed by atoms with Gasteiger partial charge in [-0.05, 0) is 56.9 Å². The predicted octanol–water partition coefficient (Wildman–Crippen LogP) is 4.37. The van der Waals surface area contributed by atoms with Gasteiger partial charge in [0, 0.05) is 12.1 Å². The lowest BCUT2D eigenvalue weighted by atomic mass is 10.0. The highest BCUT2D eigenvalue weighted by Crippen LogP contribution is 2.19. The van der Waals surface area contributed by atoms with E-state index in [2.05, 4.69) is 50.4 Å². The summed E-state index contributed by atoms with van der Waals surface area (Å²) in [5.74, 6) is 0.327. The van der Waals surface area contributed by atoms with Crippen molar-refractivity contribution in [1.29, 1.82) is 0 Å². The monoisotopic (exact) mass is 283 g/mol. The third kappa shape index (κ3) is 4.91. The highest BCUT2D eigenvalue weighted by molar-refractivity contribution is 5.29. The molecule has 0 radical (unpaired) electrons. The summed E-state index contributed by atoms with van der Waals surface area (Å²) >= 11 is 0. The maximum atomic E-state index is 9.55. The van der Waals surface area contributed by atoms with Gasteiger partial charge in [-0.1, -0.05) is 42.0 Å². The summed E-state index contributed by atoms with van der Waals surface area (Å²) in [6.07, 6.45) is 2.19. The summed E-state index contributed by atoms with van der Waals surface area (Å²) in [5, 5.41) is 13.1. The second-order valence-corrected chi connectivity index (χ2v) is 5.91. The van der Waals surface area contributed by atoms with Crippen LogP contribution in [-0.2, 0) is 6.42 Å². The van der Waals surface area contributed by atoms with Crippen LogP contribution < -0.4 is 5.32 Å². The molecule has 0 amide bonds. The van der Waals surface area contributed by atoms with E-state index in [0.29, 0.717) is 11.8 Å². The number of hydrogen-bond donors (Lipinski definition) is 2. The Morgan fingerprint density at radius 1 is 1.05 bits per heavy atom. The Morgan fingerprint density at radius 3 is 2.52 bits per heavy atom. The second-order valence-electron chi connectivity index (χ2n) is 5.91. The zero-order chi connectivity index (χ0) is 15.2. The first-order chi connectivity index (χ1) is 10.0. The molecule has 0 saturated carbocycles. The van der Waals surface area contributed by atoms with Crippen LogP contribution in [0.15, 0.2) is 48.5 Å². The summed E-state index contributed by atoms with van der Waals surface area (Å²) in [5.41, 5.74) is 3.84. The number of aryl methyl sites for hydroxylation is 2. The van der Waals surface area contributed by atoms with Crippen molar-refractivity contribution in [3.63, 3.8) is 0 Å². The molecule has 2 unspecified atom stereocenters. The molecule has 2 nitrogen and oxygen atoms in total. The van der Waals surface area contributed by atoms with Gasteiger partial charge in [0.15, 0.2) is 0 Å². The van der Waals surface area contributed by atoms with Gasteiger partial charge in [-0.25, -0.2) is 0 Å². The van der Waals surface area contributed by atoms with Crippen molar-refractivity contribution in [3.05, 3.63) is 65.2 Å². The molecule has 0 aromatic heterocycles. The molecule has 0 aliphatic carbocycles. The quantitative estimate of drug-likeness (QED) is 0.825. The van der Waals surface area contributed by atoms with E-state index in [0.717, 1.165) is 18.4 Å². The zero-order valence-corrected chi connectivity index (χ0v) is 13.1. The maximum absolute atomic E-state index is 9.55. The fraction of sp³-hybridized carbons (Fsp3) is 0.368. The van der Waals surface area contributed by atoms with E-state index in [1.54, 1.807) is 6.07 Å². The lowest BCUT2D eigenvalue weighted by molar-refractivity contribution is 0.449. The highest BCUT2D eigenvalue weighted by Gasteiger charge is 2.10. The lowest BCUT2D eigenvalue weighted by Crippen LogP contribution is -2.29. The van der Waals surface area contributed by atoms with E-state index in [4.69, 9.17) is 0 Å². The molecule has 0 saturated heterocycles. The van der Waals surface area contributed by atoms with E-state index in [1.807, 2.05) is 18.2 Å². The SMILES string of the molecule is Cc1cccc(CCC(C)NC(C)c2cccc(O)c2)c1. The summed E-state index contributed by atoms with van der Waals surface area (Å²) in [6.45, 7) is 6.49. The first kappa shape index (κ1) is 15.6. The smallest absolute Gasteiger partial charge is 0.115 e. The van der Waals surface area contributed by atoms with E-state index in [9.17, 15) is 5.11 Å². The standard InChI is InChI=1S/C19H25NO/c1-14-6-4-7-17(12-14)11-10-15(2)20-16(3)18-8-5-9-19(21)13-18/h4-9,12-13,15-16,20-21H,10-11H2,1-3H3. The van der Waals surface area contributed by atoms with E-state index < -0.39 is 0 Å². The molecule has 2 rings (SSSR count). The minimum Gasteiger partial charge on any atom is -0.508 e. The van der Waals surface area contributed by atoms with Gasteiger partial charge in [0.05, 0.1) is 0 Å². The third-order valence-electron chi connectivity index (χ3n) is 3.85. The molecule has 0 bridgehead atoms. The topological polar surface area (TPSA) is 32.3 Å². The average Bonchev–Trinajstić information content (AvgIpc) is 2.45. The Bertz CT molecular complexity index is 579. The first-order valence-electron chi connectivity index (χ1n) is 7.65. The van der Waals surface area contributed by atoms with Crippen molar-refractivity contribution < 1.29 is 5.11 Å². The summed E-state index contributed by atoms with van der Waals surface area (Å²) in [7, 11) is 0. The van der Waals surface area contributed by atoms with Gasteiger partial charge in [-0.2, -0.15) is 0 Å². The van der Waals surface area contributed by atoms with Crippen LogP contribution in [0.4, 0.5) is 0 Å². The average molecular weight is 283 g/mol. The Labute approximate surface area is 127 Å². The van der Waals surface area contributed by atoms with Crippen LogP contribution in [0.2, 0.25) is 0 Å². The number of rotatable bonds is 6. The molecule has 2 N–H and O–H groups in total. The normalized spacial score (nSPS) is 13.9. The highest BCUT2D eigenvalue weighted by atomic mass is 16.3. The molecule has 2 heteroatoms. The van der Waals surface area contributed by atoms with Gasteiger partial charge in [-0.3, -0.25) is 0 Å². The fourth-order valence-electron chi connectivity index (χ4n) is 2.65. The second kappa shape index (κ2) is 7.28. The largest absolute Gasteiger partial charge is 0.508 e. The van der Waals surface area contributed by atoms with Crippen molar-refractivity contribution in [3.8, 4) is 5.75 Å². The van der Waals surface area contributed by atoms with Crippen LogP contribution in [-0.4, -0.2) is 11.1 Å². The molecule has 0 fully saturated rings. The number of phenolic OH excluding ortho intramolecular Hbond substituents is 1.